The first-order valence-electron chi connectivity index (χ1n) is 11.4. The van der Waals surface area contributed by atoms with E-state index >= 15 is 0 Å². The molecule has 0 spiro atoms. The maximum absolute atomic E-state index is 13.8. The molecule has 9 heteroatoms. The molecule has 3 rings (SSSR count). The first-order chi connectivity index (χ1) is 16.3. The zero-order chi connectivity index (χ0) is 24.5. The summed E-state index contributed by atoms with van der Waals surface area (Å²) >= 11 is 0. The predicted molar refractivity (Wildman–Crippen MR) is 131 cm³/mol. The maximum atomic E-state index is 13.8. The summed E-state index contributed by atoms with van der Waals surface area (Å²) in [5, 5.41) is 5.59. The summed E-state index contributed by atoms with van der Waals surface area (Å²) in [5.74, 6) is -2.85. The van der Waals surface area contributed by atoms with Gasteiger partial charge in [-0.05, 0) is 50.1 Å². The van der Waals surface area contributed by atoms with Crippen LogP contribution in [-0.4, -0.2) is 46.0 Å². The Kier molecular flexibility index (Phi) is 9.33. The Hall–Kier alpha value is -3.07. The van der Waals surface area contributed by atoms with E-state index in [2.05, 4.69) is 10.6 Å². The van der Waals surface area contributed by atoms with E-state index in [-0.39, 0.29) is 29.9 Å². The van der Waals surface area contributed by atoms with Crippen LogP contribution in [0.4, 0.5) is 15.8 Å². The largest absolute Gasteiger partial charge is 0.352 e. The molecule has 7 nitrogen and oxygen atoms in total. The molecule has 0 saturated heterocycles. The number of hydrogen-bond donors (Lipinski definition) is 2. The minimum absolute atomic E-state index is 0.0605. The number of benzene rings is 2. The normalized spacial score (nSPS) is 14.8. The zero-order valence-corrected chi connectivity index (χ0v) is 20.0. The van der Waals surface area contributed by atoms with Crippen molar-refractivity contribution < 1.29 is 23.0 Å². The highest BCUT2D eigenvalue weighted by molar-refractivity contribution is 7.86. The van der Waals surface area contributed by atoms with Gasteiger partial charge in [-0.2, -0.15) is 0 Å². The van der Waals surface area contributed by atoms with Crippen molar-refractivity contribution in [3.63, 3.8) is 0 Å². The Morgan fingerprint density at radius 3 is 2.38 bits per heavy atom. The standard InChI is InChI=1S/C25H30FN3O4S/c1-18-10-12-21(13-11-18)28-24(31)16-34(33)17-25(32)29(22-9-5-6-19(26)14-22)15-23(30)27-20-7-3-2-4-8-20/h5-6,9-14,20H,2-4,7-8,15-17H2,1H3,(H,27,30)(H,28,31)/t34-/m1/s1. The summed E-state index contributed by atoms with van der Waals surface area (Å²) < 4.78 is 26.4. The number of hydrogen-bond acceptors (Lipinski definition) is 4. The van der Waals surface area contributed by atoms with Gasteiger partial charge in [-0.3, -0.25) is 18.6 Å². The minimum Gasteiger partial charge on any atom is -0.352 e. The topological polar surface area (TPSA) is 95.6 Å². The lowest BCUT2D eigenvalue weighted by Crippen LogP contribution is -2.46. The first kappa shape index (κ1) is 25.6. The fourth-order valence-electron chi connectivity index (χ4n) is 3.88. The summed E-state index contributed by atoms with van der Waals surface area (Å²) in [4.78, 5) is 39.0. The molecule has 0 bridgehead atoms. The molecule has 3 amide bonds. The molecular formula is C25H30FN3O4S. The van der Waals surface area contributed by atoms with Crippen LogP contribution in [0.15, 0.2) is 48.5 Å². The van der Waals surface area contributed by atoms with Crippen LogP contribution in [-0.2, 0) is 25.2 Å². The third-order valence-electron chi connectivity index (χ3n) is 5.60. The van der Waals surface area contributed by atoms with E-state index in [0.29, 0.717) is 5.69 Å². The van der Waals surface area contributed by atoms with Crippen molar-refractivity contribution >= 4 is 39.9 Å². The Morgan fingerprint density at radius 1 is 1.00 bits per heavy atom. The molecule has 182 valence electrons. The number of nitrogens with zero attached hydrogens (tertiary/aromatic N) is 1. The van der Waals surface area contributed by atoms with Crippen LogP contribution < -0.4 is 15.5 Å². The quantitative estimate of drug-likeness (QED) is 0.567. The van der Waals surface area contributed by atoms with Gasteiger partial charge in [-0.15, -0.1) is 0 Å². The van der Waals surface area contributed by atoms with Gasteiger partial charge in [0, 0.05) is 28.2 Å². The van der Waals surface area contributed by atoms with E-state index in [1.807, 2.05) is 19.1 Å². The van der Waals surface area contributed by atoms with Gasteiger partial charge in [-0.1, -0.05) is 43.0 Å². The minimum atomic E-state index is -1.81. The summed E-state index contributed by atoms with van der Waals surface area (Å²) in [5.41, 5.74) is 1.81. The van der Waals surface area contributed by atoms with E-state index < -0.39 is 34.2 Å². The second kappa shape index (κ2) is 12.4. The molecule has 1 fully saturated rings. The van der Waals surface area contributed by atoms with E-state index in [4.69, 9.17) is 0 Å². The van der Waals surface area contributed by atoms with E-state index in [1.54, 1.807) is 12.1 Å². The molecule has 0 unspecified atom stereocenters. The Balaban J connectivity index is 1.61. The summed E-state index contributed by atoms with van der Waals surface area (Å²) in [6, 6.07) is 12.6. The number of aryl methyl sites for hydroxylation is 1. The van der Waals surface area contributed by atoms with Crippen molar-refractivity contribution in [1.82, 2.24) is 5.32 Å². The smallest absolute Gasteiger partial charge is 0.240 e. The lowest BCUT2D eigenvalue weighted by molar-refractivity contribution is -0.123. The highest BCUT2D eigenvalue weighted by Gasteiger charge is 2.24. The third-order valence-corrected chi connectivity index (χ3v) is 6.76. The Labute approximate surface area is 201 Å². The SMILES string of the molecule is Cc1ccc(NC(=O)C[S@@](=O)CC(=O)N(CC(=O)NC2CCCCC2)c2cccc(F)c2)cc1. The molecule has 1 aliphatic carbocycles. The molecule has 0 radical (unpaired) electrons. The van der Waals surface area contributed by atoms with Gasteiger partial charge in [0.25, 0.3) is 0 Å². The van der Waals surface area contributed by atoms with Gasteiger partial charge in [0.05, 0.1) is 0 Å². The molecule has 1 atom stereocenters. The molecule has 2 aromatic rings. The fourth-order valence-corrected chi connectivity index (χ4v) is 4.78. The van der Waals surface area contributed by atoms with Crippen molar-refractivity contribution in [3.8, 4) is 0 Å². The van der Waals surface area contributed by atoms with Crippen LogP contribution in [0.2, 0.25) is 0 Å². The molecule has 1 saturated carbocycles. The number of halogens is 1. The highest BCUT2D eigenvalue weighted by Crippen LogP contribution is 2.19. The monoisotopic (exact) mass is 487 g/mol. The van der Waals surface area contributed by atoms with Crippen LogP contribution in [0.1, 0.15) is 37.7 Å². The van der Waals surface area contributed by atoms with Crippen molar-refractivity contribution in [2.75, 3.05) is 28.3 Å². The molecular weight excluding hydrogens is 457 g/mol. The van der Waals surface area contributed by atoms with Crippen molar-refractivity contribution in [2.45, 2.75) is 45.1 Å². The number of carbonyl (C=O) groups excluding carboxylic acids is 3. The number of rotatable bonds is 9. The van der Waals surface area contributed by atoms with Crippen molar-refractivity contribution in [3.05, 3.63) is 59.9 Å². The lowest BCUT2D eigenvalue weighted by atomic mass is 9.95. The highest BCUT2D eigenvalue weighted by atomic mass is 32.2. The van der Waals surface area contributed by atoms with Crippen LogP contribution in [0.5, 0.6) is 0 Å². The maximum Gasteiger partial charge on any atom is 0.240 e. The van der Waals surface area contributed by atoms with E-state index in [9.17, 15) is 23.0 Å². The molecule has 34 heavy (non-hydrogen) atoms. The van der Waals surface area contributed by atoms with Gasteiger partial charge >= 0.3 is 0 Å². The first-order valence-corrected chi connectivity index (χ1v) is 12.9. The van der Waals surface area contributed by atoms with Crippen molar-refractivity contribution in [1.29, 1.82) is 0 Å². The zero-order valence-electron chi connectivity index (χ0n) is 19.2. The number of anilines is 2. The molecule has 0 aliphatic heterocycles. The van der Waals surface area contributed by atoms with E-state index in [1.165, 1.54) is 18.2 Å². The second-order valence-corrected chi connectivity index (χ2v) is 9.96. The predicted octanol–water partition coefficient (Wildman–Crippen LogP) is 3.30. The average molecular weight is 488 g/mol. The number of carbonyl (C=O) groups is 3. The van der Waals surface area contributed by atoms with Gasteiger partial charge in [-0.25, -0.2) is 4.39 Å². The van der Waals surface area contributed by atoms with Crippen molar-refractivity contribution in [2.24, 2.45) is 0 Å². The summed E-state index contributed by atoms with van der Waals surface area (Å²) in [6.07, 6.45) is 5.01. The fraction of sp³-hybridized carbons (Fsp3) is 0.400. The Bertz CT molecular complexity index is 1040. The van der Waals surface area contributed by atoms with Crippen LogP contribution in [0, 0.1) is 12.7 Å². The number of amides is 3. The third kappa shape index (κ3) is 8.06. The molecule has 0 heterocycles. The molecule has 2 N–H and O–H groups in total. The van der Waals surface area contributed by atoms with Gasteiger partial charge < -0.3 is 15.5 Å². The number of nitrogens with one attached hydrogen (secondary N) is 2. The lowest BCUT2D eigenvalue weighted by Gasteiger charge is -2.26. The van der Waals surface area contributed by atoms with Gasteiger partial charge in [0.15, 0.2) is 0 Å². The Morgan fingerprint density at radius 2 is 1.71 bits per heavy atom. The molecule has 2 aromatic carbocycles. The molecule has 0 aromatic heterocycles. The van der Waals surface area contributed by atoms with Crippen LogP contribution >= 0.6 is 0 Å². The second-order valence-electron chi connectivity index (χ2n) is 8.50. The van der Waals surface area contributed by atoms with Crippen LogP contribution in [0.25, 0.3) is 0 Å². The van der Waals surface area contributed by atoms with Gasteiger partial charge in [0.2, 0.25) is 17.7 Å². The average Bonchev–Trinajstić information content (AvgIpc) is 2.79. The van der Waals surface area contributed by atoms with Crippen LogP contribution in [0.3, 0.4) is 0 Å². The molecule has 1 aliphatic rings. The van der Waals surface area contributed by atoms with E-state index in [0.717, 1.165) is 48.6 Å². The summed E-state index contributed by atoms with van der Waals surface area (Å²) in [7, 11) is -1.81. The van der Waals surface area contributed by atoms with Gasteiger partial charge in [0.1, 0.15) is 23.9 Å². The summed E-state index contributed by atoms with van der Waals surface area (Å²) in [6.45, 7) is 1.61.